The molecule has 1 N–H and O–H groups in total. The monoisotopic (exact) mass is 386 g/mol. The first-order chi connectivity index (χ1) is 9.54. The molecule has 0 radical (unpaired) electrons. The summed E-state index contributed by atoms with van der Waals surface area (Å²) in [6, 6.07) is 11.8. The molecule has 0 amide bonds. The molecule has 1 aromatic heterocycles. The Morgan fingerprint density at radius 3 is 2.45 bits per heavy atom. The van der Waals surface area contributed by atoms with Crippen LogP contribution in [0.5, 0.6) is 0 Å². The number of imidazole rings is 1. The minimum absolute atomic E-state index is 0.520. The van der Waals surface area contributed by atoms with Gasteiger partial charge in [0.15, 0.2) is 4.77 Å². The summed E-state index contributed by atoms with van der Waals surface area (Å²) in [5.41, 5.74) is 3.00. The van der Waals surface area contributed by atoms with Crippen LogP contribution in [0.3, 0.4) is 0 Å². The third kappa shape index (κ3) is 2.66. The molecule has 0 aliphatic carbocycles. The fourth-order valence-corrected chi connectivity index (χ4v) is 2.94. The number of benzene rings is 2. The quantitative estimate of drug-likeness (QED) is 0.549. The Balaban J connectivity index is 2.11. The Morgan fingerprint density at radius 2 is 1.75 bits per heavy atom. The minimum atomic E-state index is 0.520. The van der Waals surface area contributed by atoms with Gasteiger partial charge < -0.3 is 9.55 Å². The van der Waals surface area contributed by atoms with Gasteiger partial charge in [-0.3, -0.25) is 0 Å². The lowest BCUT2D eigenvalue weighted by Crippen LogP contribution is -1.99. The van der Waals surface area contributed by atoms with Crippen LogP contribution in [0, 0.1) is 4.77 Å². The number of halogens is 3. The highest BCUT2D eigenvalue weighted by atomic mass is 79.9. The predicted octanol–water partition coefficient (Wildman–Crippen LogP) is 5.82. The molecular weight excluding hydrogens is 379 g/mol. The second-order valence-electron chi connectivity index (χ2n) is 4.43. The largest absolute Gasteiger partial charge is 0.331 e. The molecule has 0 bridgehead atoms. The van der Waals surface area contributed by atoms with E-state index in [1.165, 1.54) is 0 Å². The molecule has 0 aliphatic rings. The smallest absolute Gasteiger partial charge is 0.178 e. The van der Waals surface area contributed by atoms with Crippen molar-refractivity contribution < 1.29 is 0 Å². The first kappa shape index (κ1) is 14.1. The van der Waals surface area contributed by atoms with Crippen molar-refractivity contribution in [2.24, 2.45) is 0 Å². The van der Waals surface area contributed by atoms with Crippen molar-refractivity contribution in [2.45, 2.75) is 6.54 Å². The van der Waals surface area contributed by atoms with E-state index in [4.69, 9.17) is 35.4 Å². The van der Waals surface area contributed by atoms with Crippen molar-refractivity contribution in [1.29, 1.82) is 0 Å². The van der Waals surface area contributed by atoms with Crippen LogP contribution in [0.2, 0.25) is 10.0 Å². The minimum Gasteiger partial charge on any atom is -0.331 e. The average Bonchev–Trinajstić information content (AvgIpc) is 2.69. The fourth-order valence-electron chi connectivity index (χ4n) is 2.08. The number of hydrogen-bond donors (Lipinski definition) is 1. The maximum Gasteiger partial charge on any atom is 0.178 e. The molecular formula is C14H9BrCl2N2S. The van der Waals surface area contributed by atoms with Crippen molar-refractivity contribution in [1.82, 2.24) is 9.55 Å². The Morgan fingerprint density at radius 1 is 1.10 bits per heavy atom. The molecule has 6 heteroatoms. The molecule has 1 heterocycles. The molecule has 0 spiro atoms. The molecule has 0 saturated heterocycles. The molecule has 0 unspecified atom stereocenters. The van der Waals surface area contributed by atoms with E-state index >= 15 is 0 Å². The normalized spacial score (nSPS) is 11.2. The lowest BCUT2D eigenvalue weighted by atomic mass is 10.2. The number of fused-ring (bicyclic) bond motifs is 1. The summed E-state index contributed by atoms with van der Waals surface area (Å²) in [7, 11) is 0. The third-order valence-corrected chi connectivity index (χ3v) is 4.64. The maximum atomic E-state index is 6.09. The zero-order valence-corrected chi connectivity index (χ0v) is 14.1. The summed E-state index contributed by atoms with van der Waals surface area (Å²) >= 11 is 20.9. The zero-order valence-electron chi connectivity index (χ0n) is 10.2. The second-order valence-corrected chi connectivity index (χ2v) is 6.54. The van der Waals surface area contributed by atoms with E-state index in [1.54, 1.807) is 6.07 Å². The first-order valence-electron chi connectivity index (χ1n) is 5.86. The van der Waals surface area contributed by atoms with Crippen molar-refractivity contribution >= 4 is 62.4 Å². The number of hydrogen-bond acceptors (Lipinski definition) is 1. The highest BCUT2D eigenvalue weighted by molar-refractivity contribution is 9.10. The van der Waals surface area contributed by atoms with Crippen LogP contribution in [-0.2, 0) is 6.54 Å². The van der Waals surface area contributed by atoms with Crippen LogP contribution in [0.4, 0.5) is 0 Å². The van der Waals surface area contributed by atoms with Crippen molar-refractivity contribution in [2.75, 3.05) is 0 Å². The van der Waals surface area contributed by atoms with Crippen molar-refractivity contribution in [3.05, 3.63) is 61.3 Å². The van der Waals surface area contributed by atoms with Gasteiger partial charge in [-0.15, -0.1) is 0 Å². The van der Waals surface area contributed by atoms with Gasteiger partial charge in [-0.1, -0.05) is 51.3 Å². The molecule has 0 fully saturated rings. The van der Waals surface area contributed by atoms with Gasteiger partial charge in [0.2, 0.25) is 0 Å². The number of aromatic amines is 1. The van der Waals surface area contributed by atoms with Gasteiger partial charge in [0.1, 0.15) is 0 Å². The van der Waals surface area contributed by atoms with Crippen LogP contribution in [0.25, 0.3) is 11.0 Å². The first-order valence-corrected chi connectivity index (χ1v) is 7.82. The predicted molar refractivity (Wildman–Crippen MR) is 90.4 cm³/mol. The maximum absolute atomic E-state index is 6.09. The highest BCUT2D eigenvalue weighted by Gasteiger charge is 2.08. The van der Waals surface area contributed by atoms with Gasteiger partial charge >= 0.3 is 0 Å². The molecule has 0 atom stereocenters. The van der Waals surface area contributed by atoms with Gasteiger partial charge in [0.05, 0.1) is 27.6 Å². The molecule has 102 valence electrons. The van der Waals surface area contributed by atoms with E-state index in [9.17, 15) is 0 Å². The number of H-pyrrole nitrogens is 1. The highest BCUT2D eigenvalue weighted by Crippen LogP contribution is 2.28. The summed E-state index contributed by atoms with van der Waals surface area (Å²) in [6.07, 6.45) is 0. The van der Waals surface area contributed by atoms with E-state index in [1.807, 2.05) is 22.8 Å². The van der Waals surface area contributed by atoms with E-state index in [-0.39, 0.29) is 0 Å². The van der Waals surface area contributed by atoms with Crippen LogP contribution in [0.1, 0.15) is 5.56 Å². The van der Waals surface area contributed by atoms with Crippen LogP contribution < -0.4 is 0 Å². The molecule has 3 aromatic rings. The summed E-state index contributed by atoms with van der Waals surface area (Å²) in [4.78, 5) is 3.15. The molecule has 20 heavy (non-hydrogen) atoms. The molecule has 0 saturated carbocycles. The topological polar surface area (TPSA) is 20.7 Å². The molecule has 2 aromatic carbocycles. The van der Waals surface area contributed by atoms with Gasteiger partial charge in [0, 0.05) is 4.47 Å². The number of rotatable bonds is 2. The van der Waals surface area contributed by atoms with Gasteiger partial charge in [-0.2, -0.15) is 0 Å². The van der Waals surface area contributed by atoms with Crippen LogP contribution in [0.15, 0.2) is 40.9 Å². The van der Waals surface area contributed by atoms with Crippen LogP contribution >= 0.6 is 51.3 Å². The van der Waals surface area contributed by atoms with Crippen molar-refractivity contribution in [3.63, 3.8) is 0 Å². The Kier molecular flexibility index (Phi) is 3.91. The number of nitrogens with one attached hydrogen (secondary N) is 1. The SMILES string of the molecule is S=c1[nH]c2cc(Cl)c(Cl)cc2n1Cc1ccc(Br)cc1. The lowest BCUT2D eigenvalue weighted by molar-refractivity contribution is 0.810. The van der Waals surface area contributed by atoms with Gasteiger partial charge in [-0.05, 0) is 42.0 Å². The average molecular weight is 388 g/mol. The number of aromatic nitrogens is 2. The molecule has 0 aliphatic heterocycles. The zero-order chi connectivity index (χ0) is 14.3. The van der Waals surface area contributed by atoms with Gasteiger partial charge in [-0.25, -0.2) is 0 Å². The fraction of sp³-hybridized carbons (Fsp3) is 0.0714. The Hall–Kier alpha value is -0.810. The van der Waals surface area contributed by atoms with Crippen LogP contribution in [-0.4, -0.2) is 9.55 Å². The van der Waals surface area contributed by atoms with E-state index in [0.29, 0.717) is 21.4 Å². The Labute approximate surface area is 139 Å². The van der Waals surface area contributed by atoms with E-state index < -0.39 is 0 Å². The lowest BCUT2D eigenvalue weighted by Gasteiger charge is -2.06. The standard InChI is InChI=1S/C14H9BrCl2N2S/c15-9-3-1-8(2-4-9)7-19-13-6-11(17)10(16)5-12(13)18-14(19)20/h1-6H,7H2,(H,18,20). The number of nitrogens with zero attached hydrogens (tertiary/aromatic N) is 1. The summed E-state index contributed by atoms with van der Waals surface area (Å²) in [5, 5.41) is 1.05. The second kappa shape index (κ2) is 5.53. The third-order valence-electron chi connectivity index (χ3n) is 3.07. The summed E-state index contributed by atoms with van der Waals surface area (Å²) < 4.78 is 3.72. The molecule has 3 rings (SSSR count). The van der Waals surface area contributed by atoms with Crippen molar-refractivity contribution in [3.8, 4) is 0 Å². The van der Waals surface area contributed by atoms with Gasteiger partial charge in [0.25, 0.3) is 0 Å². The van der Waals surface area contributed by atoms with E-state index in [0.717, 1.165) is 21.1 Å². The Bertz CT molecular complexity index is 837. The summed E-state index contributed by atoms with van der Waals surface area (Å²) in [6.45, 7) is 0.685. The van der Waals surface area contributed by atoms with E-state index in [2.05, 4.69) is 33.0 Å². The molecule has 2 nitrogen and oxygen atoms in total. The summed E-state index contributed by atoms with van der Waals surface area (Å²) in [5.74, 6) is 0.